The smallest absolute Gasteiger partial charge is 0.325 e. The quantitative estimate of drug-likeness (QED) is 0.458. The van der Waals surface area contributed by atoms with Crippen molar-refractivity contribution in [2.75, 3.05) is 37.2 Å². The number of esters is 1. The van der Waals surface area contributed by atoms with Gasteiger partial charge in [-0.05, 0) is 32.1 Å². The summed E-state index contributed by atoms with van der Waals surface area (Å²) in [6, 6.07) is 0. The second-order valence-electron chi connectivity index (χ2n) is 5.05. The third-order valence-electron chi connectivity index (χ3n) is 3.02. The van der Waals surface area contributed by atoms with E-state index in [1.807, 2.05) is 13.8 Å². The molecule has 1 N–H and O–H groups in total. The molecule has 1 unspecified atom stereocenters. The van der Waals surface area contributed by atoms with E-state index in [1.165, 1.54) is 13.4 Å². The van der Waals surface area contributed by atoms with Crippen LogP contribution in [0.1, 0.15) is 33.1 Å². The number of rotatable bonds is 11. The van der Waals surface area contributed by atoms with Gasteiger partial charge in [0, 0.05) is 12.0 Å². The maximum Gasteiger partial charge on any atom is 0.325 e. The van der Waals surface area contributed by atoms with Gasteiger partial charge in [0.15, 0.2) is 0 Å². The van der Waals surface area contributed by atoms with Crippen LogP contribution < -0.4 is 5.32 Å². The fourth-order valence-electron chi connectivity index (χ4n) is 1.87. The molecule has 0 rings (SSSR count). The standard InChI is InChI=1S/C13H27NO4S2/c1-5-14-13(2,12(15)18-3)8-6-7-9-19-10-11-20(4,16)17/h14H,5-11H2,1-4H3. The van der Waals surface area contributed by atoms with Gasteiger partial charge in [0.1, 0.15) is 15.4 Å². The second kappa shape index (κ2) is 9.63. The Bertz CT molecular complexity index is 384. The first kappa shape index (κ1) is 19.7. The number of carbonyl (C=O) groups excluding carboxylic acids is 1. The predicted octanol–water partition coefficient (Wildman–Crippen LogP) is 1.48. The van der Waals surface area contributed by atoms with Crippen LogP contribution in [0, 0.1) is 0 Å². The van der Waals surface area contributed by atoms with Crippen molar-refractivity contribution in [3.63, 3.8) is 0 Å². The van der Waals surface area contributed by atoms with E-state index in [2.05, 4.69) is 5.32 Å². The number of likely N-dealkylation sites (N-methyl/N-ethyl adjacent to an activating group) is 1. The van der Waals surface area contributed by atoms with E-state index in [9.17, 15) is 13.2 Å². The van der Waals surface area contributed by atoms with Crippen LogP contribution in [0.15, 0.2) is 0 Å². The van der Waals surface area contributed by atoms with Crippen molar-refractivity contribution in [1.82, 2.24) is 5.32 Å². The summed E-state index contributed by atoms with van der Waals surface area (Å²) in [5.74, 6) is 1.55. The van der Waals surface area contributed by atoms with E-state index in [1.54, 1.807) is 11.8 Å². The van der Waals surface area contributed by atoms with Gasteiger partial charge in [-0.2, -0.15) is 11.8 Å². The van der Waals surface area contributed by atoms with E-state index in [0.29, 0.717) is 12.3 Å². The van der Waals surface area contributed by atoms with Gasteiger partial charge in [-0.3, -0.25) is 4.79 Å². The maximum absolute atomic E-state index is 11.7. The molecule has 20 heavy (non-hydrogen) atoms. The van der Waals surface area contributed by atoms with E-state index in [-0.39, 0.29) is 11.7 Å². The van der Waals surface area contributed by atoms with Crippen LogP contribution in [0.25, 0.3) is 0 Å². The van der Waals surface area contributed by atoms with E-state index < -0.39 is 15.4 Å². The van der Waals surface area contributed by atoms with Crippen molar-refractivity contribution in [3.05, 3.63) is 0 Å². The number of carbonyl (C=O) groups is 1. The van der Waals surface area contributed by atoms with Crippen LogP contribution in [-0.2, 0) is 19.4 Å². The average molecular weight is 325 g/mol. The predicted molar refractivity (Wildman–Crippen MR) is 85.0 cm³/mol. The number of unbranched alkanes of at least 4 members (excludes halogenated alkanes) is 1. The summed E-state index contributed by atoms with van der Waals surface area (Å²) in [5, 5.41) is 3.17. The van der Waals surface area contributed by atoms with Gasteiger partial charge in [0.05, 0.1) is 12.9 Å². The first-order chi connectivity index (χ1) is 9.25. The molecule has 0 spiro atoms. The lowest BCUT2D eigenvalue weighted by atomic mass is 9.95. The van der Waals surface area contributed by atoms with Gasteiger partial charge in [0.2, 0.25) is 0 Å². The van der Waals surface area contributed by atoms with Crippen LogP contribution in [0.2, 0.25) is 0 Å². The molecule has 0 aromatic heterocycles. The minimum absolute atomic E-state index is 0.231. The van der Waals surface area contributed by atoms with Crippen LogP contribution in [0.3, 0.4) is 0 Å². The highest BCUT2D eigenvalue weighted by Crippen LogP contribution is 2.17. The number of hydrogen-bond acceptors (Lipinski definition) is 6. The molecular weight excluding hydrogens is 298 g/mol. The van der Waals surface area contributed by atoms with E-state index in [4.69, 9.17) is 4.74 Å². The average Bonchev–Trinajstić information content (AvgIpc) is 2.35. The molecule has 0 aliphatic heterocycles. The molecule has 0 saturated carbocycles. The molecule has 0 fully saturated rings. The SMILES string of the molecule is CCNC(C)(CCCCSCCS(C)(=O)=O)C(=O)OC. The van der Waals surface area contributed by atoms with Gasteiger partial charge in [-0.25, -0.2) is 8.42 Å². The van der Waals surface area contributed by atoms with Gasteiger partial charge in [-0.1, -0.05) is 13.3 Å². The third kappa shape index (κ3) is 8.81. The minimum atomic E-state index is -2.85. The van der Waals surface area contributed by atoms with Gasteiger partial charge < -0.3 is 10.1 Å². The molecule has 120 valence electrons. The number of thioether (sulfide) groups is 1. The number of hydrogen-bond donors (Lipinski definition) is 1. The van der Waals surface area contributed by atoms with Crippen LogP contribution in [-0.4, -0.2) is 57.1 Å². The number of sulfone groups is 1. The molecule has 5 nitrogen and oxygen atoms in total. The van der Waals surface area contributed by atoms with Crippen molar-refractivity contribution in [1.29, 1.82) is 0 Å². The Morgan fingerprint density at radius 3 is 2.45 bits per heavy atom. The molecule has 0 bridgehead atoms. The third-order valence-corrected chi connectivity index (χ3v) is 5.29. The Hall–Kier alpha value is -0.270. The maximum atomic E-state index is 11.7. The van der Waals surface area contributed by atoms with Crippen molar-refractivity contribution in [2.24, 2.45) is 0 Å². The summed E-state index contributed by atoms with van der Waals surface area (Å²) in [7, 11) is -1.45. The summed E-state index contributed by atoms with van der Waals surface area (Å²) in [6.45, 7) is 4.54. The normalized spacial score (nSPS) is 14.8. The highest BCUT2D eigenvalue weighted by atomic mass is 32.2. The Kier molecular flexibility index (Phi) is 9.50. The topological polar surface area (TPSA) is 72.5 Å². The summed E-state index contributed by atoms with van der Waals surface area (Å²) < 4.78 is 26.7. The van der Waals surface area contributed by atoms with Crippen molar-refractivity contribution in [2.45, 2.75) is 38.6 Å². The van der Waals surface area contributed by atoms with Crippen molar-refractivity contribution >= 4 is 27.6 Å². The fourth-order valence-corrected chi connectivity index (χ4v) is 4.17. The van der Waals surface area contributed by atoms with E-state index >= 15 is 0 Å². The largest absolute Gasteiger partial charge is 0.468 e. The molecule has 0 aliphatic carbocycles. The summed E-state index contributed by atoms with van der Waals surface area (Å²) in [5.41, 5.74) is -0.624. The number of nitrogens with one attached hydrogen (secondary N) is 1. The lowest BCUT2D eigenvalue weighted by molar-refractivity contribution is -0.148. The zero-order valence-corrected chi connectivity index (χ0v) is 14.5. The number of ether oxygens (including phenoxy) is 1. The van der Waals surface area contributed by atoms with Gasteiger partial charge >= 0.3 is 5.97 Å². The molecule has 0 radical (unpaired) electrons. The molecule has 0 aromatic carbocycles. The molecule has 0 aliphatic rings. The molecular formula is C13H27NO4S2. The van der Waals surface area contributed by atoms with Gasteiger partial charge in [-0.15, -0.1) is 0 Å². The summed E-state index contributed by atoms with van der Waals surface area (Å²) >= 11 is 1.64. The first-order valence-electron chi connectivity index (χ1n) is 6.84. The molecule has 7 heteroatoms. The highest BCUT2D eigenvalue weighted by Gasteiger charge is 2.32. The van der Waals surface area contributed by atoms with Gasteiger partial charge in [0.25, 0.3) is 0 Å². The second-order valence-corrected chi connectivity index (χ2v) is 8.54. The summed E-state index contributed by atoms with van der Waals surface area (Å²) in [6.07, 6.45) is 3.85. The lowest BCUT2D eigenvalue weighted by Gasteiger charge is -2.27. The highest BCUT2D eigenvalue weighted by molar-refractivity contribution is 8.00. The molecule has 1 atom stereocenters. The Morgan fingerprint density at radius 2 is 1.95 bits per heavy atom. The van der Waals surface area contributed by atoms with Crippen LogP contribution >= 0.6 is 11.8 Å². The van der Waals surface area contributed by atoms with Crippen molar-refractivity contribution in [3.8, 4) is 0 Å². The Labute approximate surface area is 127 Å². The number of methoxy groups -OCH3 is 1. The van der Waals surface area contributed by atoms with Crippen molar-refractivity contribution < 1.29 is 17.9 Å². The molecule has 0 saturated heterocycles. The monoisotopic (exact) mass is 325 g/mol. The first-order valence-corrected chi connectivity index (χ1v) is 10.1. The van der Waals surface area contributed by atoms with Crippen LogP contribution in [0.5, 0.6) is 0 Å². The zero-order valence-electron chi connectivity index (χ0n) is 12.9. The fraction of sp³-hybridized carbons (Fsp3) is 0.923. The molecule has 0 aromatic rings. The Balaban J connectivity index is 3.88. The van der Waals surface area contributed by atoms with Crippen LogP contribution in [0.4, 0.5) is 0 Å². The summed E-state index contributed by atoms with van der Waals surface area (Å²) in [4.78, 5) is 11.7. The lowest BCUT2D eigenvalue weighted by Crippen LogP contribution is -2.50. The zero-order chi connectivity index (χ0) is 15.6. The Morgan fingerprint density at radius 1 is 1.30 bits per heavy atom. The molecule has 0 amide bonds. The minimum Gasteiger partial charge on any atom is -0.468 e. The van der Waals surface area contributed by atoms with E-state index in [0.717, 1.165) is 25.0 Å². The molecule has 0 heterocycles.